The number of rotatable bonds is 1. The SMILES string of the molecule is [C]1=CC(c2cccc3ccccc23)=CCN1. The summed E-state index contributed by atoms with van der Waals surface area (Å²) in [6.07, 6.45) is 7.25. The summed E-state index contributed by atoms with van der Waals surface area (Å²) in [5.41, 5.74) is 2.53. The van der Waals surface area contributed by atoms with Crippen LogP contribution in [0.15, 0.2) is 54.6 Å². The van der Waals surface area contributed by atoms with Gasteiger partial charge in [0.05, 0.1) is 6.20 Å². The Bertz CT molecular complexity index is 574. The highest BCUT2D eigenvalue weighted by Crippen LogP contribution is 2.26. The van der Waals surface area contributed by atoms with Crippen LogP contribution in [0.1, 0.15) is 5.56 Å². The van der Waals surface area contributed by atoms with Gasteiger partial charge in [-0.15, -0.1) is 0 Å². The summed E-state index contributed by atoms with van der Waals surface area (Å²) in [7, 11) is 0. The summed E-state index contributed by atoms with van der Waals surface area (Å²) in [4.78, 5) is 0. The number of allylic oxidation sites excluding steroid dienone is 2. The number of benzene rings is 2. The van der Waals surface area contributed by atoms with E-state index in [9.17, 15) is 0 Å². The molecule has 0 saturated carbocycles. The van der Waals surface area contributed by atoms with Crippen molar-refractivity contribution in [2.24, 2.45) is 0 Å². The largest absolute Gasteiger partial charge is 0.380 e. The molecule has 3 rings (SSSR count). The van der Waals surface area contributed by atoms with Crippen LogP contribution < -0.4 is 5.32 Å². The van der Waals surface area contributed by atoms with E-state index in [1.54, 1.807) is 0 Å². The molecule has 0 bridgehead atoms. The molecule has 1 radical (unpaired) electrons. The quantitative estimate of drug-likeness (QED) is 0.755. The molecule has 0 spiro atoms. The number of hydrogen-bond acceptors (Lipinski definition) is 1. The van der Waals surface area contributed by atoms with Crippen LogP contribution in [-0.2, 0) is 0 Å². The highest BCUT2D eigenvalue weighted by molar-refractivity contribution is 5.96. The van der Waals surface area contributed by atoms with E-state index in [1.807, 2.05) is 6.08 Å². The lowest BCUT2D eigenvalue weighted by Crippen LogP contribution is -2.09. The highest BCUT2D eigenvalue weighted by atomic mass is 14.8. The second-order valence-electron chi connectivity index (χ2n) is 3.86. The fourth-order valence-electron chi connectivity index (χ4n) is 2.07. The summed E-state index contributed by atoms with van der Waals surface area (Å²) < 4.78 is 0. The molecule has 16 heavy (non-hydrogen) atoms. The molecule has 0 unspecified atom stereocenters. The molecule has 0 saturated heterocycles. The second kappa shape index (κ2) is 3.86. The molecular weight excluding hydrogens is 194 g/mol. The average Bonchev–Trinajstić information content (AvgIpc) is 2.39. The van der Waals surface area contributed by atoms with Gasteiger partial charge >= 0.3 is 0 Å². The van der Waals surface area contributed by atoms with Crippen molar-refractivity contribution in [3.05, 3.63) is 66.4 Å². The summed E-state index contributed by atoms with van der Waals surface area (Å²) >= 11 is 0. The van der Waals surface area contributed by atoms with E-state index >= 15 is 0 Å². The topological polar surface area (TPSA) is 12.0 Å². The van der Waals surface area contributed by atoms with E-state index in [4.69, 9.17) is 0 Å². The maximum absolute atomic E-state index is 3.05. The number of dihydropyridines is 1. The molecule has 0 fully saturated rings. The first kappa shape index (κ1) is 9.22. The van der Waals surface area contributed by atoms with E-state index in [0.717, 1.165) is 6.54 Å². The summed E-state index contributed by atoms with van der Waals surface area (Å²) in [5.74, 6) is 0. The molecular formula is C15H12N. The maximum Gasteiger partial charge on any atom is 0.0584 e. The molecule has 2 aromatic carbocycles. The maximum atomic E-state index is 3.05. The monoisotopic (exact) mass is 206 g/mol. The van der Waals surface area contributed by atoms with Crippen LogP contribution in [0.25, 0.3) is 16.3 Å². The molecule has 1 heteroatoms. The fraction of sp³-hybridized carbons (Fsp3) is 0.0667. The molecule has 0 aromatic heterocycles. The molecule has 1 aliphatic rings. The number of nitrogens with one attached hydrogen (secondary N) is 1. The smallest absolute Gasteiger partial charge is 0.0584 e. The van der Waals surface area contributed by atoms with Gasteiger partial charge in [-0.25, -0.2) is 0 Å². The fourth-order valence-corrected chi connectivity index (χ4v) is 2.07. The van der Waals surface area contributed by atoms with Gasteiger partial charge in [-0.3, -0.25) is 0 Å². The molecule has 2 aromatic rings. The van der Waals surface area contributed by atoms with E-state index in [0.29, 0.717) is 0 Å². The van der Waals surface area contributed by atoms with Crippen LogP contribution in [0.4, 0.5) is 0 Å². The van der Waals surface area contributed by atoms with Crippen molar-refractivity contribution in [3.8, 4) is 0 Å². The van der Waals surface area contributed by atoms with Crippen molar-refractivity contribution in [3.63, 3.8) is 0 Å². The Morgan fingerprint density at radius 3 is 2.75 bits per heavy atom. The average molecular weight is 206 g/mol. The Balaban J connectivity index is 2.23. The lowest BCUT2D eigenvalue weighted by molar-refractivity contribution is 0.945. The summed E-state index contributed by atoms with van der Waals surface area (Å²) in [6.45, 7) is 0.856. The van der Waals surface area contributed by atoms with Gasteiger partial charge in [0, 0.05) is 6.54 Å². The second-order valence-corrected chi connectivity index (χ2v) is 3.86. The molecule has 0 amide bonds. The van der Waals surface area contributed by atoms with Crippen LogP contribution in [0.2, 0.25) is 0 Å². The van der Waals surface area contributed by atoms with Gasteiger partial charge < -0.3 is 5.32 Å². The van der Waals surface area contributed by atoms with Gasteiger partial charge in [-0.1, -0.05) is 48.5 Å². The van der Waals surface area contributed by atoms with Crippen molar-refractivity contribution in [1.29, 1.82) is 0 Å². The Kier molecular flexibility index (Phi) is 2.22. The lowest BCUT2D eigenvalue weighted by Gasteiger charge is -2.10. The standard InChI is InChI=1S/C15H12N/c1-2-6-14-12(4-1)5-3-7-15(14)13-8-10-16-11-9-13/h1-9,16H,10H2. The zero-order valence-corrected chi connectivity index (χ0v) is 8.90. The van der Waals surface area contributed by atoms with Crippen molar-refractivity contribution in [2.45, 2.75) is 0 Å². The minimum absolute atomic E-state index is 0.856. The summed E-state index contributed by atoms with van der Waals surface area (Å²) in [6, 6.07) is 14.9. The molecule has 0 atom stereocenters. The third-order valence-corrected chi connectivity index (χ3v) is 2.85. The third kappa shape index (κ3) is 1.50. The van der Waals surface area contributed by atoms with Crippen LogP contribution in [-0.4, -0.2) is 6.54 Å². The lowest BCUT2D eigenvalue weighted by atomic mass is 9.97. The van der Waals surface area contributed by atoms with Crippen LogP contribution in [0.3, 0.4) is 0 Å². The Morgan fingerprint density at radius 1 is 1.00 bits per heavy atom. The highest BCUT2D eigenvalue weighted by Gasteiger charge is 2.04. The predicted octanol–water partition coefficient (Wildman–Crippen LogP) is 3.14. The Hall–Kier alpha value is -2.02. The van der Waals surface area contributed by atoms with Gasteiger partial charge in [0.25, 0.3) is 0 Å². The third-order valence-electron chi connectivity index (χ3n) is 2.85. The number of fused-ring (bicyclic) bond motifs is 1. The minimum Gasteiger partial charge on any atom is -0.380 e. The van der Waals surface area contributed by atoms with E-state index in [2.05, 4.69) is 60.1 Å². The van der Waals surface area contributed by atoms with Crippen molar-refractivity contribution >= 4 is 16.3 Å². The molecule has 1 nitrogen and oxygen atoms in total. The van der Waals surface area contributed by atoms with E-state index < -0.39 is 0 Å². The zero-order chi connectivity index (χ0) is 10.8. The first-order chi connectivity index (χ1) is 7.95. The molecule has 77 valence electrons. The zero-order valence-electron chi connectivity index (χ0n) is 8.90. The van der Waals surface area contributed by atoms with E-state index in [1.165, 1.54) is 21.9 Å². The first-order valence-corrected chi connectivity index (χ1v) is 5.45. The molecule has 1 N–H and O–H groups in total. The predicted molar refractivity (Wildman–Crippen MR) is 67.7 cm³/mol. The Morgan fingerprint density at radius 2 is 1.88 bits per heavy atom. The Labute approximate surface area is 95.1 Å². The molecule has 1 heterocycles. The minimum atomic E-state index is 0.856. The van der Waals surface area contributed by atoms with Gasteiger partial charge in [-0.2, -0.15) is 0 Å². The normalized spacial score (nSPS) is 14.6. The van der Waals surface area contributed by atoms with Crippen molar-refractivity contribution in [2.75, 3.05) is 6.54 Å². The van der Waals surface area contributed by atoms with Crippen molar-refractivity contribution in [1.82, 2.24) is 5.32 Å². The van der Waals surface area contributed by atoms with E-state index in [-0.39, 0.29) is 0 Å². The van der Waals surface area contributed by atoms with Gasteiger partial charge in [0.15, 0.2) is 0 Å². The molecule has 1 aliphatic heterocycles. The first-order valence-electron chi connectivity index (χ1n) is 5.45. The summed E-state index contributed by atoms with van der Waals surface area (Å²) in [5, 5.41) is 5.64. The van der Waals surface area contributed by atoms with Crippen LogP contribution >= 0.6 is 0 Å². The van der Waals surface area contributed by atoms with Crippen molar-refractivity contribution < 1.29 is 0 Å². The van der Waals surface area contributed by atoms with Gasteiger partial charge in [0.1, 0.15) is 0 Å². The number of hydrogen-bond donors (Lipinski definition) is 1. The molecule has 0 aliphatic carbocycles. The van der Waals surface area contributed by atoms with Crippen LogP contribution in [0, 0.1) is 6.20 Å². The van der Waals surface area contributed by atoms with Gasteiger partial charge in [0.2, 0.25) is 0 Å². The van der Waals surface area contributed by atoms with Crippen LogP contribution in [0.5, 0.6) is 0 Å². The van der Waals surface area contributed by atoms with Gasteiger partial charge in [-0.05, 0) is 28.0 Å².